The predicted octanol–water partition coefficient (Wildman–Crippen LogP) is 1.63. The zero-order chi connectivity index (χ0) is 17.2. The van der Waals surface area contributed by atoms with Gasteiger partial charge in [0.1, 0.15) is 0 Å². The van der Waals surface area contributed by atoms with Crippen molar-refractivity contribution in [1.29, 1.82) is 0 Å². The number of nitrogens with zero attached hydrogens (tertiary/aromatic N) is 3. The van der Waals surface area contributed by atoms with E-state index in [1.54, 1.807) is 0 Å². The van der Waals surface area contributed by atoms with Gasteiger partial charge in [-0.25, -0.2) is 4.99 Å². The Labute approximate surface area is 147 Å². The van der Waals surface area contributed by atoms with Gasteiger partial charge in [0.05, 0.1) is 6.54 Å². The Balaban J connectivity index is 1.75. The molecule has 24 heavy (non-hydrogen) atoms. The van der Waals surface area contributed by atoms with Crippen molar-refractivity contribution < 1.29 is 0 Å². The quantitative estimate of drug-likeness (QED) is 0.589. The van der Waals surface area contributed by atoms with E-state index >= 15 is 0 Å². The standard InChI is InChI=1S/C19H33N5/c1-4-20-19(22-15-18-8-6-5-7-9-18)21-14-17(2)16-24-12-10-23(3)11-13-24/h5-9,17H,4,10-16H2,1-3H3,(H2,20,21,22). The lowest BCUT2D eigenvalue weighted by molar-refractivity contribution is 0.139. The summed E-state index contributed by atoms with van der Waals surface area (Å²) >= 11 is 0. The predicted molar refractivity (Wildman–Crippen MR) is 102 cm³/mol. The zero-order valence-corrected chi connectivity index (χ0v) is 15.5. The van der Waals surface area contributed by atoms with Crippen LogP contribution in [0.1, 0.15) is 19.4 Å². The number of nitrogens with one attached hydrogen (secondary N) is 2. The van der Waals surface area contributed by atoms with Crippen molar-refractivity contribution in [1.82, 2.24) is 20.4 Å². The van der Waals surface area contributed by atoms with Gasteiger partial charge < -0.3 is 20.4 Å². The Morgan fingerprint density at radius 1 is 1.12 bits per heavy atom. The highest BCUT2D eigenvalue weighted by atomic mass is 15.2. The van der Waals surface area contributed by atoms with Crippen LogP contribution in [0.15, 0.2) is 35.3 Å². The van der Waals surface area contributed by atoms with Gasteiger partial charge in [-0.05, 0) is 25.5 Å². The summed E-state index contributed by atoms with van der Waals surface area (Å²) in [6.45, 7) is 12.8. The number of hydrogen-bond acceptors (Lipinski definition) is 3. The first-order valence-electron chi connectivity index (χ1n) is 9.14. The van der Waals surface area contributed by atoms with Crippen LogP contribution >= 0.6 is 0 Å². The van der Waals surface area contributed by atoms with Crippen LogP contribution in [-0.2, 0) is 6.54 Å². The number of hydrogen-bond donors (Lipinski definition) is 2. The van der Waals surface area contributed by atoms with E-state index in [2.05, 4.69) is 70.6 Å². The maximum atomic E-state index is 4.69. The average molecular weight is 332 g/mol. The molecule has 2 rings (SSSR count). The molecule has 134 valence electrons. The van der Waals surface area contributed by atoms with Crippen LogP contribution < -0.4 is 10.6 Å². The third kappa shape index (κ3) is 6.89. The van der Waals surface area contributed by atoms with Crippen molar-refractivity contribution in [2.75, 3.05) is 52.9 Å². The third-order valence-electron chi connectivity index (χ3n) is 4.39. The molecule has 0 bridgehead atoms. The fourth-order valence-electron chi connectivity index (χ4n) is 2.90. The van der Waals surface area contributed by atoms with E-state index in [0.29, 0.717) is 12.5 Å². The number of aliphatic imine (C=N–C) groups is 1. The summed E-state index contributed by atoms with van der Waals surface area (Å²) in [6, 6.07) is 10.4. The van der Waals surface area contributed by atoms with Gasteiger partial charge in [0.15, 0.2) is 5.96 Å². The number of rotatable bonds is 7. The second-order valence-corrected chi connectivity index (χ2v) is 6.77. The Kier molecular flexibility index (Phi) is 8.05. The van der Waals surface area contributed by atoms with Crippen LogP contribution in [0.4, 0.5) is 0 Å². The van der Waals surface area contributed by atoms with Crippen LogP contribution in [0.5, 0.6) is 0 Å². The Bertz CT molecular complexity index is 480. The number of guanidine groups is 1. The molecule has 0 aromatic heterocycles. The largest absolute Gasteiger partial charge is 0.357 e. The third-order valence-corrected chi connectivity index (χ3v) is 4.39. The smallest absolute Gasteiger partial charge is 0.191 e. The molecule has 1 heterocycles. The highest BCUT2D eigenvalue weighted by Crippen LogP contribution is 2.04. The Hall–Kier alpha value is -1.59. The molecule has 1 aromatic rings. The van der Waals surface area contributed by atoms with E-state index in [9.17, 15) is 0 Å². The summed E-state index contributed by atoms with van der Waals surface area (Å²) in [4.78, 5) is 9.66. The molecule has 1 aromatic carbocycles. The summed E-state index contributed by atoms with van der Waals surface area (Å²) in [5.41, 5.74) is 1.24. The van der Waals surface area contributed by atoms with Gasteiger partial charge >= 0.3 is 0 Å². The van der Waals surface area contributed by atoms with Crippen LogP contribution in [0.25, 0.3) is 0 Å². The van der Waals surface area contributed by atoms with Crippen molar-refractivity contribution in [3.63, 3.8) is 0 Å². The molecule has 0 aliphatic carbocycles. The van der Waals surface area contributed by atoms with Crippen molar-refractivity contribution >= 4 is 5.96 Å². The maximum Gasteiger partial charge on any atom is 0.191 e. The Morgan fingerprint density at radius 3 is 2.50 bits per heavy atom. The summed E-state index contributed by atoms with van der Waals surface area (Å²) in [5.74, 6) is 1.51. The molecular formula is C19H33N5. The fourth-order valence-corrected chi connectivity index (χ4v) is 2.90. The highest BCUT2D eigenvalue weighted by Gasteiger charge is 2.16. The first kappa shape index (κ1) is 18.7. The molecule has 0 amide bonds. The van der Waals surface area contributed by atoms with Gasteiger partial charge in [0, 0.05) is 45.8 Å². The van der Waals surface area contributed by atoms with E-state index in [1.807, 2.05) is 6.07 Å². The molecule has 1 aliphatic rings. The summed E-state index contributed by atoms with van der Waals surface area (Å²) < 4.78 is 0. The lowest BCUT2D eigenvalue weighted by Crippen LogP contribution is -2.47. The van der Waals surface area contributed by atoms with Crippen LogP contribution in [0.3, 0.4) is 0 Å². The minimum Gasteiger partial charge on any atom is -0.357 e. The molecule has 2 N–H and O–H groups in total. The minimum absolute atomic E-state index is 0.606. The van der Waals surface area contributed by atoms with Crippen molar-refractivity contribution in [3.05, 3.63) is 35.9 Å². The van der Waals surface area contributed by atoms with Crippen LogP contribution in [0.2, 0.25) is 0 Å². The normalized spacial score (nSPS) is 18.4. The van der Waals surface area contributed by atoms with Crippen molar-refractivity contribution in [2.45, 2.75) is 20.4 Å². The second-order valence-electron chi connectivity index (χ2n) is 6.77. The average Bonchev–Trinajstić information content (AvgIpc) is 2.60. The first-order valence-corrected chi connectivity index (χ1v) is 9.14. The number of piperazine rings is 1. The molecule has 0 spiro atoms. The van der Waals surface area contributed by atoms with E-state index in [4.69, 9.17) is 0 Å². The van der Waals surface area contributed by atoms with Gasteiger partial charge in [0.2, 0.25) is 0 Å². The summed E-state index contributed by atoms with van der Waals surface area (Å²) in [5, 5.41) is 6.83. The zero-order valence-electron chi connectivity index (χ0n) is 15.5. The second kappa shape index (κ2) is 10.3. The molecule has 5 nitrogen and oxygen atoms in total. The van der Waals surface area contributed by atoms with Gasteiger partial charge in [-0.15, -0.1) is 0 Å². The summed E-state index contributed by atoms with van der Waals surface area (Å²) in [7, 11) is 2.20. The molecule has 1 atom stereocenters. The molecule has 1 fully saturated rings. The Morgan fingerprint density at radius 2 is 1.83 bits per heavy atom. The monoisotopic (exact) mass is 331 g/mol. The molecule has 1 aliphatic heterocycles. The van der Waals surface area contributed by atoms with Crippen LogP contribution in [0, 0.1) is 5.92 Å². The van der Waals surface area contributed by atoms with Gasteiger partial charge in [-0.1, -0.05) is 37.3 Å². The molecule has 1 unspecified atom stereocenters. The molecule has 5 heteroatoms. The van der Waals surface area contributed by atoms with Crippen molar-refractivity contribution in [3.8, 4) is 0 Å². The van der Waals surface area contributed by atoms with E-state index < -0.39 is 0 Å². The van der Waals surface area contributed by atoms with Crippen LogP contribution in [-0.4, -0.2) is 68.6 Å². The van der Waals surface area contributed by atoms with Crippen molar-refractivity contribution in [2.24, 2.45) is 10.9 Å². The topological polar surface area (TPSA) is 42.9 Å². The number of likely N-dealkylation sites (N-methyl/N-ethyl adjacent to an activating group) is 1. The molecule has 0 radical (unpaired) electrons. The highest BCUT2D eigenvalue weighted by molar-refractivity contribution is 5.79. The first-order chi connectivity index (χ1) is 11.7. The minimum atomic E-state index is 0.606. The molecular weight excluding hydrogens is 298 g/mol. The SMILES string of the molecule is CCNC(=NCc1ccccc1)NCC(C)CN1CCN(C)CC1. The van der Waals surface area contributed by atoms with Gasteiger partial charge in [0.25, 0.3) is 0 Å². The maximum absolute atomic E-state index is 4.69. The fraction of sp³-hybridized carbons (Fsp3) is 0.632. The van der Waals surface area contributed by atoms with E-state index in [0.717, 1.165) is 25.6 Å². The lowest BCUT2D eigenvalue weighted by atomic mass is 10.1. The summed E-state index contributed by atoms with van der Waals surface area (Å²) in [6.07, 6.45) is 0. The van der Waals surface area contributed by atoms with Gasteiger partial charge in [-0.2, -0.15) is 0 Å². The lowest BCUT2D eigenvalue weighted by Gasteiger charge is -2.34. The molecule has 1 saturated heterocycles. The van der Waals surface area contributed by atoms with Gasteiger partial charge in [-0.3, -0.25) is 0 Å². The molecule has 0 saturated carbocycles. The van der Waals surface area contributed by atoms with E-state index in [-0.39, 0.29) is 0 Å². The number of benzene rings is 1. The van der Waals surface area contributed by atoms with E-state index in [1.165, 1.54) is 31.7 Å².